The number of nitrogens with zero attached hydrogens (tertiary/aromatic N) is 1. The molecule has 1 N–H and O–H groups in total. The summed E-state index contributed by atoms with van der Waals surface area (Å²) < 4.78 is 13.4. The van der Waals surface area contributed by atoms with Crippen LogP contribution in [0.25, 0.3) is 0 Å². The van der Waals surface area contributed by atoms with Crippen molar-refractivity contribution in [3.05, 3.63) is 23.0 Å². The molecule has 0 aromatic carbocycles. The Hall–Kier alpha value is -0.610. The largest absolute Gasteiger partial charge is 0.352 e. The van der Waals surface area contributed by atoms with Crippen LogP contribution in [0.5, 0.6) is 0 Å². The van der Waals surface area contributed by atoms with Gasteiger partial charge in [-0.3, -0.25) is 4.21 Å². The van der Waals surface area contributed by atoms with Crippen LogP contribution in [-0.4, -0.2) is 26.8 Å². The van der Waals surface area contributed by atoms with Gasteiger partial charge in [0.15, 0.2) is 0 Å². The molecule has 0 amide bonds. The zero-order valence-electron chi connectivity index (χ0n) is 10.7. The van der Waals surface area contributed by atoms with Crippen molar-refractivity contribution in [1.82, 2.24) is 9.88 Å². The molecule has 16 heavy (non-hydrogen) atoms. The second kappa shape index (κ2) is 6.21. The molecule has 0 spiro atoms. The lowest BCUT2D eigenvalue weighted by Gasteiger charge is -2.05. The van der Waals surface area contributed by atoms with E-state index in [4.69, 9.17) is 0 Å². The number of aryl methyl sites for hydroxylation is 1. The van der Waals surface area contributed by atoms with Crippen molar-refractivity contribution in [3.63, 3.8) is 0 Å². The molecular weight excluding hydrogens is 220 g/mol. The van der Waals surface area contributed by atoms with Crippen molar-refractivity contribution in [1.29, 1.82) is 0 Å². The van der Waals surface area contributed by atoms with Crippen LogP contribution >= 0.6 is 0 Å². The van der Waals surface area contributed by atoms with Crippen LogP contribution < -0.4 is 5.32 Å². The van der Waals surface area contributed by atoms with E-state index in [0.29, 0.717) is 0 Å². The molecule has 0 aliphatic rings. The summed E-state index contributed by atoms with van der Waals surface area (Å²) >= 11 is 0. The second-order valence-electron chi connectivity index (χ2n) is 4.06. The number of aromatic nitrogens is 1. The molecule has 0 saturated heterocycles. The Balaban J connectivity index is 2.38. The van der Waals surface area contributed by atoms with Crippen LogP contribution in [-0.2, 0) is 24.4 Å². The third-order valence-electron chi connectivity index (χ3n) is 3.02. The summed E-state index contributed by atoms with van der Waals surface area (Å²) in [5, 5.41) is 3.34. The van der Waals surface area contributed by atoms with Gasteiger partial charge in [0.1, 0.15) is 0 Å². The Morgan fingerprint density at radius 3 is 2.62 bits per heavy atom. The van der Waals surface area contributed by atoms with Gasteiger partial charge in [-0.05, 0) is 25.5 Å². The molecule has 4 heteroatoms. The zero-order valence-corrected chi connectivity index (χ0v) is 11.5. The molecule has 1 aromatic rings. The lowest BCUT2D eigenvalue weighted by molar-refractivity contribution is 0.673. The van der Waals surface area contributed by atoms with Gasteiger partial charge in [-0.1, -0.05) is 6.92 Å². The molecule has 1 aromatic heterocycles. The lowest BCUT2D eigenvalue weighted by atomic mass is 10.2. The number of nitrogens with one attached hydrogen (secondary N) is 1. The highest BCUT2D eigenvalue weighted by Crippen LogP contribution is 2.12. The first-order chi connectivity index (χ1) is 7.56. The SMILES string of the molecule is CCS(=O)CCNCc1cc(C)n(C)c1C. The maximum Gasteiger partial charge on any atom is 0.0360 e. The Morgan fingerprint density at radius 1 is 1.44 bits per heavy atom. The highest BCUT2D eigenvalue weighted by Gasteiger charge is 2.05. The smallest absolute Gasteiger partial charge is 0.0360 e. The summed E-state index contributed by atoms with van der Waals surface area (Å²) in [6.45, 7) is 7.90. The topological polar surface area (TPSA) is 34.0 Å². The zero-order chi connectivity index (χ0) is 12.1. The van der Waals surface area contributed by atoms with E-state index in [1.807, 2.05) is 6.92 Å². The van der Waals surface area contributed by atoms with Crippen LogP contribution in [0.2, 0.25) is 0 Å². The normalized spacial score (nSPS) is 13.0. The molecule has 1 rings (SSSR count). The number of rotatable bonds is 6. The summed E-state index contributed by atoms with van der Waals surface area (Å²) in [7, 11) is 1.43. The van der Waals surface area contributed by atoms with Crippen molar-refractivity contribution >= 4 is 10.8 Å². The van der Waals surface area contributed by atoms with Gasteiger partial charge in [-0.2, -0.15) is 0 Å². The third-order valence-corrected chi connectivity index (χ3v) is 4.33. The molecular formula is C12H22N2OS. The van der Waals surface area contributed by atoms with Crippen LogP contribution in [0.3, 0.4) is 0 Å². The van der Waals surface area contributed by atoms with E-state index < -0.39 is 10.8 Å². The monoisotopic (exact) mass is 242 g/mol. The standard InChI is InChI=1S/C12H22N2OS/c1-5-16(15)7-6-13-9-12-8-10(2)14(4)11(12)3/h8,13H,5-7,9H2,1-4H3. The summed E-state index contributed by atoms with van der Waals surface area (Å²) in [5.41, 5.74) is 3.93. The van der Waals surface area contributed by atoms with Gasteiger partial charge in [0, 0.05) is 53.8 Å². The summed E-state index contributed by atoms with van der Waals surface area (Å²) in [4.78, 5) is 0. The van der Waals surface area contributed by atoms with Crippen molar-refractivity contribution in [3.8, 4) is 0 Å². The molecule has 0 aliphatic carbocycles. The predicted molar refractivity (Wildman–Crippen MR) is 70.1 cm³/mol. The molecule has 0 saturated carbocycles. The lowest BCUT2D eigenvalue weighted by Crippen LogP contribution is -2.20. The van der Waals surface area contributed by atoms with Gasteiger partial charge >= 0.3 is 0 Å². The van der Waals surface area contributed by atoms with Crippen LogP contribution in [0, 0.1) is 13.8 Å². The molecule has 0 aliphatic heterocycles. The molecule has 92 valence electrons. The third kappa shape index (κ3) is 3.46. The molecule has 0 bridgehead atoms. The van der Waals surface area contributed by atoms with Crippen molar-refractivity contribution in [2.24, 2.45) is 7.05 Å². The summed E-state index contributed by atoms with van der Waals surface area (Å²) in [6, 6.07) is 2.21. The first-order valence-electron chi connectivity index (χ1n) is 5.73. The van der Waals surface area contributed by atoms with E-state index in [9.17, 15) is 4.21 Å². The molecule has 1 atom stereocenters. The van der Waals surface area contributed by atoms with E-state index >= 15 is 0 Å². The van der Waals surface area contributed by atoms with E-state index in [2.05, 4.69) is 36.8 Å². The maximum absolute atomic E-state index is 11.2. The summed E-state index contributed by atoms with van der Waals surface area (Å²) in [6.07, 6.45) is 0. The Labute approximate surface area is 101 Å². The minimum atomic E-state index is -0.657. The highest BCUT2D eigenvalue weighted by atomic mass is 32.2. The van der Waals surface area contributed by atoms with Gasteiger partial charge < -0.3 is 9.88 Å². The van der Waals surface area contributed by atoms with Gasteiger partial charge in [-0.15, -0.1) is 0 Å². The van der Waals surface area contributed by atoms with Crippen LogP contribution in [0.1, 0.15) is 23.9 Å². The first-order valence-corrected chi connectivity index (χ1v) is 7.22. The molecule has 3 nitrogen and oxygen atoms in total. The molecule has 0 radical (unpaired) electrons. The highest BCUT2D eigenvalue weighted by molar-refractivity contribution is 7.84. The molecule has 0 fully saturated rings. The Bertz CT molecular complexity index is 371. The molecule has 1 heterocycles. The van der Waals surface area contributed by atoms with E-state index in [1.165, 1.54) is 17.0 Å². The first kappa shape index (κ1) is 13.5. The van der Waals surface area contributed by atoms with Crippen molar-refractivity contribution < 1.29 is 4.21 Å². The van der Waals surface area contributed by atoms with Crippen LogP contribution in [0.15, 0.2) is 6.07 Å². The fraction of sp³-hybridized carbons (Fsp3) is 0.667. The fourth-order valence-corrected chi connectivity index (χ4v) is 2.33. The number of hydrogen-bond acceptors (Lipinski definition) is 2. The van der Waals surface area contributed by atoms with Gasteiger partial charge in [-0.25, -0.2) is 0 Å². The second-order valence-corrected chi connectivity index (χ2v) is 5.93. The Morgan fingerprint density at radius 2 is 2.12 bits per heavy atom. The van der Waals surface area contributed by atoms with E-state index in [1.54, 1.807) is 0 Å². The van der Waals surface area contributed by atoms with E-state index in [-0.39, 0.29) is 0 Å². The fourth-order valence-electron chi connectivity index (χ4n) is 1.67. The Kier molecular flexibility index (Phi) is 5.22. The van der Waals surface area contributed by atoms with Gasteiger partial charge in [0.2, 0.25) is 0 Å². The van der Waals surface area contributed by atoms with Crippen molar-refractivity contribution in [2.45, 2.75) is 27.3 Å². The van der Waals surface area contributed by atoms with Gasteiger partial charge in [0.25, 0.3) is 0 Å². The quantitative estimate of drug-likeness (QED) is 0.767. The van der Waals surface area contributed by atoms with Crippen LogP contribution in [0.4, 0.5) is 0 Å². The minimum absolute atomic E-state index is 0.657. The average molecular weight is 242 g/mol. The van der Waals surface area contributed by atoms with Gasteiger partial charge in [0.05, 0.1) is 0 Å². The average Bonchev–Trinajstić information content (AvgIpc) is 2.52. The minimum Gasteiger partial charge on any atom is -0.352 e. The summed E-state index contributed by atoms with van der Waals surface area (Å²) in [5.74, 6) is 1.51. The van der Waals surface area contributed by atoms with Crippen molar-refractivity contribution in [2.75, 3.05) is 18.1 Å². The predicted octanol–water partition coefficient (Wildman–Crippen LogP) is 1.50. The molecule has 1 unspecified atom stereocenters. The van der Waals surface area contributed by atoms with E-state index in [0.717, 1.165) is 24.6 Å². The number of hydrogen-bond donors (Lipinski definition) is 1. The maximum atomic E-state index is 11.2.